The summed E-state index contributed by atoms with van der Waals surface area (Å²) in [6, 6.07) is 0. The van der Waals surface area contributed by atoms with Crippen LogP contribution in [0.5, 0.6) is 0 Å². The fourth-order valence-corrected chi connectivity index (χ4v) is 2.43. The van der Waals surface area contributed by atoms with Crippen molar-refractivity contribution in [1.82, 2.24) is 0 Å². The maximum atomic E-state index is 8.66. The summed E-state index contributed by atoms with van der Waals surface area (Å²) < 4.78 is 0. The van der Waals surface area contributed by atoms with Crippen molar-refractivity contribution in [3.8, 4) is 0 Å². The number of hydrogen-bond donors (Lipinski definition) is 1. The van der Waals surface area contributed by atoms with Crippen molar-refractivity contribution < 1.29 is 5.11 Å². The van der Waals surface area contributed by atoms with Gasteiger partial charge >= 0.3 is 0 Å². The first-order chi connectivity index (χ1) is 4.13. The van der Waals surface area contributed by atoms with Gasteiger partial charge < -0.3 is 5.11 Å². The molecule has 1 N–H and O–H groups in total. The maximum absolute atomic E-state index is 8.66. The molecule has 0 aromatic heterocycles. The number of hydrogen-bond acceptors (Lipinski definition) is 1. The smallest absolute Gasteiger partial charge is 0.0436 e. The third-order valence-corrected chi connectivity index (χ3v) is 4.49. The van der Waals surface area contributed by atoms with E-state index in [1.165, 1.54) is 0 Å². The molecule has 3 unspecified atom stereocenters. The highest BCUT2D eigenvalue weighted by molar-refractivity contribution is 9.09. The van der Waals surface area contributed by atoms with Crippen LogP contribution in [0.15, 0.2) is 0 Å². The van der Waals surface area contributed by atoms with E-state index in [1.807, 2.05) is 0 Å². The van der Waals surface area contributed by atoms with Gasteiger partial charge in [0.15, 0.2) is 0 Å². The van der Waals surface area contributed by atoms with Crippen molar-refractivity contribution in [2.24, 2.45) is 11.3 Å². The van der Waals surface area contributed by atoms with Gasteiger partial charge in [0, 0.05) is 11.4 Å². The first-order valence-electron chi connectivity index (χ1n) is 3.38. The average molecular weight is 193 g/mol. The normalized spacial score (nSPS) is 49.3. The van der Waals surface area contributed by atoms with Crippen molar-refractivity contribution >= 4 is 15.9 Å². The van der Waals surface area contributed by atoms with Gasteiger partial charge in [0.05, 0.1) is 0 Å². The third kappa shape index (κ3) is 1.03. The zero-order chi connectivity index (χ0) is 7.07. The molecule has 0 heterocycles. The quantitative estimate of drug-likeness (QED) is 0.663. The number of aliphatic hydroxyl groups excluding tert-OH is 1. The van der Waals surface area contributed by atoms with E-state index in [4.69, 9.17) is 5.11 Å². The van der Waals surface area contributed by atoms with Crippen LogP contribution in [0.1, 0.15) is 20.3 Å². The Balaban J connectivity index is 2.40. The second-order valence-corrected chi connectivity index (χ2v) is 4.16. The van der Waals surface area contributed by atoms with Crippen LogP contribution in [0.3, 0.4) is 0 Å². The lowest BCUT2D eigenvalue weighted by Gasteiger charge is -2.05. The Morgan fingerprint density at radius 3 is 2.22 bits per heavy atom. The minimum atomic E-state index is 0.322. The van der Waals surface area contributed by atoms with Crippen LogP contribution >= 0.6 is 15.9 Å². The van der Waals surface area contributed by atoms with Crippen molar-refractivity contribution in [2.75, 3.05) is 6.61 Å². The standard InChI is InChI=1S/C7H13BrO/c1-5-6(8)7(5,2)3-4-9/h5-6,9H,3-4H2,1-2H3. The molecule has 54 valence electrons. The molecule has 1 nitrogen and oxygen atoms in total. The predicted molar refractivity (Wildman–Crippen MR) is 41.7 cm³/mol. The number of aliphatic hydroxyl groups is 1. The van der Waals surface area contributed by atoms with E-state index in [-0.39, 0.29) is 0 Å². The molecule has 1 fully saturated rings. The van der Waals surface area contributed by atoms with Gasteiger partial charge in [-0.3, -0.25) is 0 Å². The summed E-state index contributed by atoms with van der Waals surface area (Å²) >= 11 is 3.56. The summed E-state index contributed by atoms with van der Waals surface area (Å²) in [5.74, 6) is 0.740. The van der Waals surface area contributed by atoms with Crippen LogP contribution in [0, 0.1) is 11.3 Å². The Hall–Kier alpha value is 0.440. The number of halogens is 1. The molecular weight excluding hydrogens is 180 g/mol. The third-order valence-electron chi connectivity index (χ3n) is 2.65. The first kappa shape index (κ1) is 7.55. The van der Waals surface area contributed by atoms with Gasteiger partial charge in [0.25, 0.3) is 0 Å². The molecule has 1 aliphatic carbocycles. The predicted octanol–water partition coefficient (Wildman–Crippen LogP) is 1.79. The van der Waals surface area contributed by atoms with Crippen molar-refractivity contribution in [3.63, 3.8) is 0 Å². The van der Waals surface area contributed by atoms with E-state index >= 15 is 0 Å². The lowest BCUT2D eigenvalue weighted by atomic mass is 10.0. The van der Waals surface area contributed by atoms with E-state index < -0.39 is 0 Å². The molecule has 1 aliphatic rings. The van der Waals surface area contributed by atoms with Crippen LogP contribution in [0.2, 0.25) is 0 Å². The van der Waals surface area contributed by atoms with Crippen molar-refractivity contribution in [2.45, 2.75) is 25.1 Å². The molecule has 2 heteroatoms. The molecule has 0 radical (unpaired) electrons. The largest absolute Gasteiger partial charge is 0.396 e. The van der Waals surface area contributed by atoms with E-state index in [1.54, 1.807) is 0 Å². The first-order valence-corrected chi connectivity index (χ1v) is 4.29. The molecule has 1 rings (SSSR count). The Morgan fingerprint density at radius 1 is 1.67 bits per heavy atom. The second-order valence-electron chi connectivity index (χ2n) is 3.17. The summed E-state index contributed by atoms with van der Waals surface area (Å²) in [7, 11) is 0. The molecule has 0 saturated heterocycles. The van der Waals surface area contributed by atoms with E-state index in [2.05, 4.69) is 29.8 Å². The number of rotatable bonds is 2. The molecule has 9 heavy (non-hydrogen) atoms. The van der Waals surface area contributed by atoms with Crippen LogP contribution in [0.4, 0.5) is 0 Å². The summed E-state index contributed by atoms with van der Waals surface area (Å²) in [4.78, 5) is 0.636. The Bertz CT molecular complexity index is 105. The highest BCUT2D eigenvalue weighted by Crippen LogP contribution is 2.59. The Morgan fingerprint density at radius 2 is 2.11 bits per heavy atom. The van der Waals surface area contributed by atoms with Crippen LogP contribution < -0.4 is 0 Å². The minimum Gasteiger partial charge on any atom is -0.396 e. The molecule has 1 saturated carbocycles. The van der Waals surface area contributed by atoms with Gasteiger partial charge in [-0.25, -0.2) is 0 Å². The second kappa shape index (κ2) is 2.24. The monoisotopic (exact) mass is 192 g/mol. The maximum Gasteiger partial charge on any atom is 0.0436 e. The topological polar surface area (TPSA) is 20.2 Å². The zero-order valence-electron chi connectivity index (χ0n) is 5.89. The zero-order valence-corrected chi connectivity index (χ0v) is 7.48. The SMILES string of the molecule is CC1C(Br)C1(C)CCO. The molecular formula is C7H13BrO. The van der Waals surface area contributed by atoms with Gasteiger partial charge in [0.1, 0.15) is 0 Å². The molecule has 0 aliphatic heterocycles. The fourth-order valence-electron chi connectivity index (χ4n) is 1.34. The summed E-state index contributed by atoms with van der Waals surface area (Å²) in [6.45, 7) is 4.76. The van der Waals surface area contributed by atoms with E-state index in [9.17, 15) is 0 Å². The summed E-state index contributed by atoms with van der Waals surface area (Å²) in [6.07, 6.45) is 0.935. The molecule has 0 bridgehead atoms. The molecule has 0 aromatic carbocycles. The summed E-state index contributed by atoms with van der Waals surface area (Å²) in [5.41, 5.74) is 0.384. The Labute approximate surface area is 64.6 Å². The van der Waals surface area contributed by atoms with Gasteiger partial charge in [-0.05, 0) is 17.8 Å². The lowest BCUT2D eigenvalue weighted by Crippen LogP contribution is -2.01. The fraction of sp³-hybridized carbons (Fsp3) is 1.00. The molecule has 0 amide bonds. The minimum absolute atomic E-state index is 0.322. The van der Waals surface area contributed by atoms with Crippen LogP contribution in [0.25, 0.3) is 0 Å². The molecule has 0 spiro atoms. The highest BCUT2D eigenvalue weighted by atomic mass is 79.9. The van der Waals surface area contributed by atoms with Crippen molar-refractivity contribution in [3.05, 3.63) is 0 Å². The van der Waals surface area contributed by atoms with Gasteiger partial charge in [-0.15, -0.1) is 0 Å². The van der Waals surface area contributed by atoms with E-state index in [0.29, 0.717) is 16.8 Å². The van der Waals surface area contributed by atoms with Crippen LogP contribution in [-0.2, 0) is 0 Å². The van der Waals surface area contributed by atoms with Gasteiger partial charge in [0.2, 0.25) is 0 Å². The summed E-state index contributed by atoms with van der Waals surface area (Å²) in [5, 5.41) is 8.66. The van der Waals surface area contributed by atoms with Gasteiger partial charge in [-0.2, -0.15) is 0 Å². The molecule has 0 aromatic rings. The number of alkyl halides is 1. The van der Waals surface area contributed by atoms with Crippen molar-refractivity contribution in [1.29, 1.82) is 0 Å². The Kier molecular flexibility index (Phi) is 1.88. The van der Waals surface area contributed by atoms with Gasteiger partial charge in [-0.1, -0.05) is 29.8 Å². The lowest BCUT2D eigenvalue weighted by molar-refractivity contribution is 0.250. The highest BCUT2D eigenvalue weighted by Gasteiger charge is 2.55. The van der Waals surface area contributed by atoms with E-state index in [0.717, 1.165) is 12.3 Å². The average Bonchev–Trinajstić information content (AvgIpc) is 2.22. The molecule has 3 atom stereocenters. The van der Waals surface area contributed by atoms with Crippen LogP contribution in [-0.4, -0.2) is 16.5 Å².